The molecule has 1 heterocycles. The summed E-state index contributed by atoms with van der Waals surface area (Å²) in [5.41, 5.74) is 0.888. The van der Waals surface area contributed by atoms with E-state index < -0.39 is 16.0 Å². The van der Waals surface area contributed by atoms with Crippen LogP contribution in [0.25, 0.3) is 0 Å². The molecule has 1 aliphatic heterocycles. The second-order valence-corrected chi connectivity index (χ2v) is 7.41. The van der Waals surface area contributed by atoms with Crippen LogP contribution in [-0.2, 0) is 21.4 Å². The van der Waals surface area contributed by atoms with Gasteiger partial charge in [0, 0.05) is 0 Å². The summed E-state index contributed by atoms with van der Waals surface area (Å²) in [6.45, 7) is 0.0892. The van der Waals surface area contributed by atoms with Crippen molar-refractivity contribution in [1.82, 2.24) is 4.72 Å². The molecule has 0 unspecified atom stereocenters. The Morgan fingerprint density at radius 3 is 2.64 bits per heavy atom. The zero-order valence-corrected chi connectivity index (χ0v) is 14.7. The minimum Gasteiger partial charge on any atom is -0.457 e. The Morgan fingerprint density at radius 2 is 1.96 bits per heavy atom. The van der Waals surface area contributed by atoms with Gasteiger partial charge in [-0.25, -0.2) is 17.9 Å². The predicted octanol–water partition coefficient (Wildman–Crippen LogP) is 2.33. The van der Waals surface area contributed by atoms with Gasteiger partial charge in [0.15, 0.2) is 11.5 Å². The maximum Gasteiger partial charge on any atom is 0.338 e. The third-order valence-electron chi connectivity index (χ3n) is 3.53. The van der Waals surface area contributed by atoms with E-state index in [2.05, 4.69) is 4.72 Å². The Hall–Kier alpha value is -2.29. The van der Waals surface area contributed by atoms with Crippen LogP contribution in [0.3, 0.4) is 0 Å². The molecule has 0 spiro atoms. The summed E-state index contributed by atoms with van der Waals surface area (Å²) in [6, 6.07) is 8.76. The molecular weight excluding hydrogens is 370 g/mol. The molecule has 7 nitrogen and oxygen atoms in total. The third-order valence-corrected chi connectivity index (χ3v) is 5.24. The normalized spacial score (nSPS) is 12.9. The number of halogens is 1. The van der Waals surface area contributed by atoms with Gasteiger partial charge in [0.1, 0.15) is 6.61 Å². The number of sulfonamides is 1. The summed E-state index contributed by atoms with van der Waals surface area (Å²) >= 11 is 6.07. The van der Waals surface area contributed by atoms with Gasteiger partial charge in [0.25, 0.3) is 0 Å². The molecule has 0 bridgehead atoms. The Kier molecular flexibility index (Phi) is 4.85. The average Bonchev–Trinajstić information content (AvgIpc) is 3.09. The lowest BCUT2D eigenvalue weighted by atomic mass is 10.2. The molecule has 2 aromatic rings. The standard InChI is InChI=1S/C16H14ClNO6S/c1-18-25(20,21)12-4-2-11(3-5-12)16(19)22-8-10-6-13(17)15-14(7-10)23-9-24-15/h2-7,18H,8-9H2,1H3. The van der Waals surface area contributed by atoms with E-state index in [1.165, 1.54) is 31.3 Å². The number of carbonyl (C=O) groups excluding carboxylic acids is 1. The number of hydrogen-bond acceptors (Lipinski definition) is 6. The molecule has 1 aliphatic rings. The molecule has 0 saturated heterocycles. The van der Waals surface area contributed by atoms with Crippen molar-refractivity contribution in [3.63, 3.8) is 0 Å². The number of ether oxygens (including phenoxy) is 3. The SMILES string of the molecule is CNS(=O)(=O)c1ccc(C(=O)OCc2cc(Cl)c3c(c2)OCO3)cc1. The molecular formula is C16H14ClNO6S. The van der Waals surface area contributed by atoms with Gasteiger partial charge in [0.05, 0.1) is 15.5 Å². The highest BCUT2D eigenvalue weighted by Crippen LogP contribution is 2.39. The summed E-state index contributed by atoms with van der Waals surface area (Å²) in [7, 11) is -2.24. The van der Waals surface area contributed by atoms with Gasteiger partial charge in [-0.05, 0) is 49.0 Å². The second-order valence-electron chi connectivity index (χ2n) is 5.12. The summed E-state index contributed by atoms with van der Waals surface area (Å²) in [6.07, 6.45) is 0. The molecule has 132 valence electrons. The quantitative estimate of drug-likeness (QED) is 0.797. The molecule has 0 aromatic heterocycles. The lowest BCUT2D eigenvalue weighted by Crippen LogP contribution is -2.18. The number of hydrogen-bond donors (Lipinski definition) is 1. The lowest BCUT2D eigenvalue weighted by molar-refractivity contribution is 0.0472. The maximum absolute atomic E-state index is 12.1. The van der Waals surface area contributed by atoms with E-state index in [9.17, 15) is 13.2 Å². The van der Waals surface area contributed by atoms with Gasteiger partial charge in [0.2, 0.25) is 16.8 Å². The number of nitrogens with one attached hydrogen (secondary N) is 1. The van der Waals surface area contributed by atoms with E-state index in [1.54, 1.807) is 12.1 Å². The van der Waals surface area contributed by atoms with Crippen molar-refractivity contribution in [3.05, 3.63) is 52.5 Å². The molecule has 25 heavy (non-hydrogen) atoms. The largest absolute Gasteiger partial charge is 0.457 e. The molecule has 1 N–H and O–H groups in total. The summed E-state index contributed by atoms with van der Waals surface area (Å²) < 4.78 is 41.2. The summed E-state index contributed by atoms with van der Waals surface area (Å²) in [4.78, 5) is 12.2. The smallest absolute Gasteiger partial charge is 0.338 e. The first-order valence-corrected chi connectivity index (χ1v) is 9.05. The minimum atomic E-state index is -3.55. The van der Waals surface area contributed by atoms with Gasteiger partial charge in [-0.3, -0.25) is 0 Å². The van der Waals surface area contributed by atoms with Crippen molar-refractivity contribution in [2.75, 3.05) is 13.8 Å². The van der Waals surface area contributed by atoms with Crippen LogP contribution in [0.15, 0.2) is 41.3 Å². The fourth-order valence-electron chi connectivity index (χ4n) is 2.22. The van der Waals surface area contributed by atoms with Gasteiger partial charge >= 0.3 is 5.97 Å². The van der Waals surface area contributed by atoms with Crippen LogP contribution >= 0.6 is 11.6 Å². The molecule has 0 saturated carbocycles. The number of rotatable bonds is 5. The van der Waals surface area contributed by atoms with Crippen molar-refractivity contribution in [1.29, 1.82) is 0 Å². The van der Waals surface area contributed by atoms with Gasteiger partial charge in [-0.15, -0.1) is 0 Å². The van der Waals surface area contributed by atoms with Crippen molar-refractivity contribution >= 4 is 27.6 Å². The molecule has 0 radical (unpaired) electrons. The second kappa shape index (κ2) is 6.91. The van der Waals surface area contributed by atoms with Gasteiger partial charge < -0.3 is 14.2 Å². The molecule has 0 atom stereocenters. The van der Waals surface area contributed by atoms with Crippen LogP contribution in [0, 0.1) is 0 Å². The van der Waals surface area contributed by atoms with E-state index >= 15 is 0 Å². The highest BCUT2D eigenvalue weighted by molar-refractivity contribution is 7.89. The third kappa shape index (κ3) is 3.71. The van der Waals surface area contributed by atoms with Crippen molar-refractivity contribution < 1.29 is 27.4 Å². The monoisotopic (exact) mass is 383 g/mol. The van der Waals surface area contributed by atoms with Crippen LogP contribution in [0.4, 0.5) is 0 Å². The molecule has 0 amide bonds. The van der Waals surface area contributed by atoms with E-state index in [0.717, 1.165) is 0 Å². The highest BCUT2D eigenvalue weighted by Gasteiger charge is 2.19. The Balaban J connectivity index is 1.68. The fourth-order valence-corrected chi connectivity index (χ4v) is 3.24. The number of esters is 1. The first kappa shape index (κ1) is 17.5. The Morgan fingerprint density at radius 1 is 1.24 bits per heavy atom. The van der Waals surface area contributed by atoms with E-state index in [-0.39, 0.29) is 23.9 Å². The molecule has 9 heteroatoms. The zero-order chi connectivity index (χ0) is 18.0. The summed E-state index contributed by atoms with van der Waals surface area (Å²) in [5, 5.41) is 0.377. The van der Waals surface area contributed by atoms with Crippen molar-refractivity contribution in [2.45, 2.75) is 11.5 Å². The average molecular weight is 384 g/mol. The van der Waals surface area contributed by atoms with Crippen molar-refractivity contribution in [2.24, 2.45) is 0 Å². The first-order chi connectivity index (χ1) is 11.9. The van der Waals surface area contributed by atoms with E-state index in [1.807, 2.05) is 0 Å². The molecule has 0 aliphatic carbocycles. The number of carbonyl (C=O) groups is 1. The van der Waals surface area contributed by atoms with Gasteiger partial charge in [-0.2, -0.15) is 0 Å². The van der Waals surface area contributed by atoms with Crippen LogP contribution in [-0.4, -0.2) is 28.2 Å². The molecule has 3 rings (SSSR count). The topological polar surface area (TPSA) is 90.9 Å². The predicted molar refractivity (Wildman–Crippen MR) is 89.4 cm³/mol. The van der Waals surface area contributed by atoms with Crippen LogP contribution in [0.1, 0.15) is 15.9 Å². The fraction of sp³-hybridized carbons (Fsp3) is 0.188. The van der Waals surface area contributed by atoms with Gasteiger partial charge in [-0.1, -0.05) is 11.6 Å². The summed E-state index contributed by atoms with van der Waals surface area (Å²) in [5.74, 6) is 0.389. The van der Waals surface area contributed by atoms with Crippen LogP contribution in [0.2, 0.25) is 5.02 Å². The van der Waals surface area contributed by atoms with E-state index in [0.29, 0.717) is 22.1 Å². The Labute approximate surface area is 149 Å². The highest BCUT2D eigenvalue weighted by atomic mass is 35.5. The Bertz CT molecular complexity index is 911. The number of benzene rings is 2. The minimum absolute atomic E-state index is 0.00818. The van der Waals surface area contributed by atoms with Crippen molar-refractivity contribution in [3.8, 4) is 11.5 Å². The first-order valence-electron chi connectivity index (χ1n) is 7.19. The molecule has 0 fully saturated rings. The maximum atomic E-state index is 12.1. The zero-order valence-electron chi connectivity index (χ0n) is 13.1. The molecule has 2 aromatic carbocycles. The van der Waals surface area contributed by atoms with Crippen LogP contribution < -0.4 is 14.2 Å². The number of fused-ring (bicyclic) bond motifs is 1. The lowest BCUT2D eigenvalue weighted by Gasteiger charge is -2.08. The van der Waals surface area contributed by atoms with E-state index in [4.69, 9.17) is 25.8 Å². The van der Waals surface area contributed by atoms with Crippen LogP contribution in [0.5, 0.6) is 11.5 Å².